The van der Waals surface area contributed by atoms with Gasteiger partial charge in [-0.15, -0.1) is 0 Å². The summed E-state index contributed by atoms with van der Waals surface area (Å²) < 4.78 is 0. The van der Waals surface area contributed by atoms with Crippen molar-refractivity contribution in [2.24, 2.45) is 0 Å². The molecule has 0 fully saturated rings. The smallest absolute Gasteiger partial charge is 0 e. The van der Waals surface area contributed by atoms with Gasteiger partial charge in [0.1, 0.15) is 0 Å². The molecule has 0 bridgehead atoms. The molecule has 1 rings (SSSR count). The zero-order valence-electron chi connectivity index (χ0n) is 5.45. The molecule has 0 unspecified atom stereocenters. The van der Waals surface area contributed by atoms with Crippen LogP contribution < -0.4 is 0 Å². The number of hydrogen-bond acceptors (Lipinski definition) is 0. The molecule has 0 aliphatic carbocycles. The normalized spacial score (nSPS) is 8.11. The van der Waals surface area contributed by atoms with Gasteiger partial charge in [-0.1, -0.05) is 37.3 Å². The quantitative estimate of drug-likeness (QED) is 0.619. The van der Waals surface area contributed by atoms with E-state index in [0.717, 1.165) is 6.42 Å². The minimum atomic E-state index is 0. The average Bonchev–Trinajstić information content (AvgIpc) is 1.90. The summed E-state index contributed by atoms with van der Waals surface area (Å²) in [4.78, 5) is 0. The summed E-state index contributed by atoms with van der Waals surface area (Å²) in [5.74, 6) is 0. The number of hydrogen-bond donors (Lipinski definition) is 0. The van der Waals surface area contributed by atoms with Gasteiger partial charge in [-0.25, -0.2) is 0 Å². The van der Waals surface area contributed by atoms with Gasteiger partial charge in [0, 0.05) is 19.5 Å². The average molecular weight is 207 g/mol. The molecule has 1 heteroatoms. The van der Waals surface area contributed by atoms with Gasteiger partial charge in [0.05, 0.1) is 0 Å². The van der Waals surface area contributed by atoms with E-state index >= 15 is 0 Å². The van der Waals surface area contributed by atoms with Crippen molar-refractivity contribution in [1.82, 2.24) is 0 Å². The van der Waals surface area contributed by atoms with Crippen LogP contribution in [-0.4, -0.2) is 0 Å². The maximum absolute atomic E-state index is 2.16. The Kier molecular flexibility index (Phi) is 4.62. The van der Waals surface area contributed by atoms with Crippen LogP contribution in [0.15, 0.2) is 30.3 Å². The van der Waals surface area contributed by atoms with Gasteiger partial charge in [0.2, 0.25) is 0 Å². The van der Waals surface area contributed by atoms with E-state index in [2.05, 4.69) is 31.2 Å². The van der Waals surface area contributed by atoms with Crippen LogP contribution in [0.2, 0.25) is 0 Å². The van der Waals surface area contributed by atoms with Crippen LogP contribution in [0.3, 0.4) is 0 Å². The first-order valence-corrected chi connectivity index (χ1v) is 2.97. The standard InChI is InChI=1S/C8H10.Ru/c1-2-8-6-4-3-5-7-8;/h3-7H,2H2,1H3;. The Hall–Kier alpha value is -0.157. The third kappa shape index (κ3) is 2.76. The molecule has 9 heavy (non-hydrogen) atoms. The molecule has 0 aliphatic rings. The van der Waals surface area contributed by atoms with Crippen LogP contribution in [0.1, 0.15) is 12.5 Å². The first kappa shape index (κ1) is 8.84. The van der Waals surface area contributed by atoms with Gasteiger partial charge in [-0.3, -0.25) is 0 Å². The maximum Gasteiger partial charge on any atom is 0 e. The third-order valence-corrected chi connectivity index (χ3v) is 1.25. The summed E-state index contributed by atoms with van der Waals surface area (Å²) in [6.45, 7) is 2.16. The molecule has 0 radical (unpaired) electrons. The molecule has 50 valence electrons. The predicted octanol–water partition coefficient (Wildman–Crippen LogP) is 2.25. The van der Waals surface area contributed by atoms with Crippen molar-refractivity contribution in [1.29, 1.82) is 0 Å². The van der Waals surface area contributed by atoms with Gasteiger partial charge in [0.15, 0.2) is 0 Å². The van der Waals surface area contributed by atoms with Crippen LogP contribution in [0.4, 0.5) is 0 Å². The van der Waals surface area contributed by atoms with Gasteiger partial charge in [-0.2, -0.15) is 0 Å². The number of rotatable bonds is 1. The summed E-state index contributed by atoms with van der Waals surface area (Å²) >= 11 is 0. The topological polar surface area (TPSA) is 0 Å². The first-order chi connectivity index (χ1) is 3.93. The van der Waals surface area contributed by atoms with Crippen molar-refractivity contribution in [3.8, 4) is 0 Å². The molecule has 1 aromatic carbocycles. The summed E-state index contributed by atoms with van der Waals surface area (Å²) in [5, 5.41) is 0. The second-order valence-corrected chi connectivity index (χ2v) is 1.84. The minimum absolute atomic E-state index is 0. The van der Waals surface area contributed by atoms with Gasteiger partial charge < -0.3 is 0 Å². The fraction of sp³-hybridized carbons (Fsp3) is 0.250. The van der Waals surface area contributed by atoms with E-state index in [0.29, 0.717) is 0 Å². The molecule has 0 aromatic heterocycles. The fourth-order valence-electron chi connectivity index (χ4n) is 0.714. The zero-order valence-corrected chi connectivity index (χ0v) is 7.19. The van der Waals surface area contributed by atoms with Crippen LogP contribution in [0.5, 0.6) is 0 Å². The molecule has 0 saturated carbocycles. The second-order valence-electron chi connectivity index (χ2n) is 1.84. The van der Waals surface area contributed by atoms with Crippen molar-refractivity contribution < 1.29 is 19.5 Å². The molecule has 0 atom stereocenters. The van der Waals surface area contributed by atoms with Crippen LogP contribution in [0, 0.1) is 0 Å². The van der Waals surface area contributed by atoms with Gasteiger partial charge >= 0.3 is 0 Å². The van der Waals surface area contributed by atoms with E-state index < -0.39 is 0 Å². The number of benzene rings is 1. The summed E-state index contributed by atoms with van der Waals surface area (Å²) in [5.41, 5.74) is 1.41. The van der Waals surface area contributed by atoms with E-state index in [1.54, 1.807) is 0 Å². The summed E-state index contributed by atoms with van der Waals surface area (Å²) in [6, 6.07) is 10.5. The molecule has 0 aliphatic heterocycles. The van der Waals surface area contributed by atoms with Gasteiger partial charge in [-0.05, 0) is 12.0 Å². The Bertz CT molecular complexity index is 146. The summed E-state index contributed by atoms with van der Waals surface area (Å²) in [6.07, 6.45) is 1.14. The van der Waals surface area contributed by atoms with Crippen molar-refractivity contribution in [2.45, 2.75) is 13.3 Å². The SMILES string of the molecule is CCc1ccccc1.[Ru]. The molecule has 0 N–H and O–H groups in total. The van der Waals surface area contributed by atoms with E-state index in [1.165, 1.54) is 5.56 Å². The molecular formula is C8H10Ru. The van der Waals surface area contributed by atoms with E-state index in [9.17, 15) is 0 Å². The Balaban J connectivity index is 0.000000640. The fourth-order valence-corrected chi connectivity index (χ4v) is 0.714. The zero-order chi connectivity index (χ0) is 5.82. The molecule has 0 amide bonds. The maximum atomic E-state index is 2.16. The molecular weight excluding hydrogens is 197 g/mol. The monoisotopic (exact) mass is 208 g/mol. The predicted molar refractivity (Wildman–Crippen MR) is 35.8 cm³/mol. The van der Waals surface area contributed by atoms with Crippen molar-refractivity contribution in [3.05, 3.63) is 35.9 Å². The first-order valence-electron chi connectivity index (χ1n) is 2.97. The van der Waals surface area contributed by atoms with E-state index in [-0.39, 0.29) is 19.5 Å². The Labute approximate surface area is 69.0 Å². The Morgan fingerprint density at radius 1 is 1.11 bits per heavy atom. The molecule has 0 heterocycles. The molecule has 0 saturated heterocycles. The minimum Gasteiger partial charge on any atom is -0.0622 e. The Morgan fingerprint density at radius 3 is 2.00 bits per heavy atom. The van der Waals surface area contributed by atoms with Crippen molar-refractivity contribution >= 4 is 0 Å². The molecule has 0 nitrogen and oxygen atoms in total. The number of aryl methyl sites for hydroxylation is 1. The van der Waals surface area contributed by atoms with E-state index in [1.807, 2.05) is 6.07 Å². The van der Waals surface area contributed by atoms with Crippen molar-refractivity contribution in [2.75, 3.05) is 0 Å². The Morgan fingerprint density at radius 2 is 1.67 bits per heavy atom. The van der Waals surface area contributed by atoms with Crippen molar-refractivity contribution in [3.63, 3.8) is 0 Å². The van der Waals surface area contributed by atoms with Gasteiger partial charge in [0.25, 0.3) is 0 Å². The summed E-state index contributed by atoms with van der Waals surface area (Å²) in [7, 11) is 0. The molecule has 0 spiro atoms. The third-order valence-electron chi connectivity index (χ3n) is 1.25. The molecule has 1 aromatic rings. The second kappa shape index (κ2) is 4.70. The van der Waals surface area contributed by atoms with E-state index in [4.69, 9.17) is 0 Å². The van der Waals surface area contributed by atoms with Crippen LogP contribution >= 0.6 is 0 Å². The van der Waals surface area contributed by atoms with Crippen LogP contribution in [0.25, 0.3) is 0 Å². The van der Waals surface area contributed by atoms with Crippen LogP contribution in [-0.2, 0) is 25.9 Å². The largest absolute Gasteiger partial charge is 0.0622 e.